The highest BCUT2D eigenvalue weighted by molar-refractivity contribution is 9.10. The monoisotopic (exact) mass is 313 g/mol. The fourth-order valence-electron chi connectivity index (χ4n) is 1.63. The van der Waals surface area contributed by atoms with Crippen LogP contribution in [0.4, 0.5) is 9.18 Å². The van der Waals surface area contributed by atoms with Gasteiger partial charge in [-0.15, -0.1) is 0 Å². The summed E-state index contributed by atoms with van der Waals surface area (Å²) in [6.45, 7) is 5.35. The van der Waals surface area contributed by atoms with E-state index in [1.807, 2.05) is 0 Å². The number of fused-ring (bicyclic) bond motifs is 1. The van der Waals surface area contributed by atoms with Crippen LogP contribution in [-0.2, 0) is 4.74 Å². The standard InChI is InChI=1S/C13H13BrFNO2/c1-13(2,3)18-12(17)16-10-7-9(15)5-4-8(10)6-11(16)14/h4-7H,1-3H3. The van der Waals surface area contributed by atoms with Gasteiger partial charge in [0.25, 0.3) is 0 Å². The van der Waals surface area contributed by atoms with E-state index in [9.17, 15) is 9.18 Å². The summed E-state index contributed by atoms with van der Waals surface area (Å²) in [4.78, 5) is 12.1. The highest BCUT2D eigenvalue weighted by atomic mass is 79.9. The Bertz CT molecular complexity index is 613. The normalized spacial score (nSPS) is 11.8. The van der Waals surface area contributed by atoms with Crippen molar-refractivity contribution in [3.63, 3.8) is 0 Å². The van der Waals surface area contributed by atoms with Gasteiger partial charge in [-0.05, 0) is 61.0 Å². The van der Waals surface area contributed by atoms with Crippen LogP contribution in [0.3, 0.4) is 0 Å². The third-order valence-electron chi connectivity index (χ3n) is 2.30. The van der Waals surface area contributed by atoms with Crippen molar-refractivity contribution in [3.8, 4) is 0 Å². The van der Waals surface area contributed by atoms with Gasteiger partial charge in [0.05, 0.1) is 10.1 Å². The maximum Gasteiger partial charge on any atom is 0.419 e. The van der Waals surface area contributed by atoms with Crippen molar-refractivity contribution in [2.24, 2.45) is 0 Å². The third kappa shape index (κ3) is 2.56. The zero-order chi connectivity index (χ0) is 13.5. The van der Waals surface area contributed by atoms with E-state index >= 15 is 0 Å². The molecule has 0 bridgehead atoms. The Morgan fingerprint density at radius 2 is 2.00 bits per heavy atom. The molecule has 0 saturated heterocycles. The first-order chi connectivity index (χ1) is 8.28. The van der Waals surface area contributed by atoms with E-state index in [2.05, 4.69) is 15.9 Å². The number of benzene rings is 1. The molecule has 96 valence electrons. The molecule has 0 saturated carbocycles. The zero-order valence-corrected chi connectivity index (χ0v) is 11.9. The Morgan fingerprint density at radius 1 is 1.33 bits per heavy atom. The molecule has 0 aliphatic carbocycles. The van der Waals surface area contributed by atoms with Crippen molar-refractivity contribution >= 4 is 32.9 Å². The molecule has 5 heteroatoms. The SMILES string of the molecule is CC(C)(C)OC(=O)n1c(Br)cc2ccc(F)cc21. The van der Waals surface area contributed by atoms with Gasteiger partial charge in [-0.2, -0.15) is 0 Å². The molecule has 0 fully saturated rings. The fraction of sp³-hybridized carbons (Fsp3) is 0.308. The lowest BCUT2D eigenvalue weighted by Gasteiger charge is -2.20. The van der Waals surface area contributed by atoms with E-state index in [0.717, 1.165) is 5.39 Å². The summed E-state index contributed by atoms with van der Waals surface area (Å²) in [5.74, 6) is -0.391. The van der Waals surface area contributed by atoms with Crippen molar-refractivity contribution in [1.29, 1.82) is 0 Å². The number of hydrogen-bond donors (Lipinski definition) is 0. The fourth-order valence-corrected chi connectivity index (χ4v) is 2.22. The smallest absolute Gasteiger partial charge is 0.419 e. The van der Waals surface area contributed by atoms with Gasteiger partial charge >= 0.3 is 6.09 Å². The quantitative estimate of drug-likeness (QED) is 0.725. The highest BCUT2D eigenvalue weighted by Crippen LogP contribution is 2.26. The van der Waals surface area contributed by atoms with Crippen molar-refractivity contribution in [3.05, 3.63) is 34.7 Å². The first-order valence-electron chi connectivity index (χ1n) is 5.48. The molecule has 0 aliphatic rings. The lowest BCUT2D eigenvalue weighted by Crippen LogP contribution is -2.27. The minimum absolute atomic E-state index is 0.391. The van der Waals surface area contributed by atoms with Crippen LogP contribution in [0.1, 0.15) is 20.8 Å². The molecule has 0 unspecified atom stereocenters. The molecule has 0 spiro atoms. The molecule has 18 heavy (non-hydrogen) atoms. The summed E-state index contributed by atoms with van der Waals surface area (Å²) in [5.41, 5.74) is -0.114. The van der Waals surface area contributed by atoms with Crippen LogP contribution in [-0.4, -0.2) is 16.3 Å². The van der Waals surface area contributed by atoms with Gasteiger partial charge in [-0.3, -0.25) is 0 Å². The Balaban J connectivity index is 2.53. The molecule has 0 radical (unpaired) electrons. The molecule has 1 heterocycles. The van der Waals surface area contributed by atoms with Gasteiger partial charge in [0.15, 0.2) is 0 Å². The van der Waals surface area contributed by atoms with Crippen LogP contribution in [0.15, 0.2) is 28.9 Å². The van der Waals surface area contributed by atoms with Gasteiger partial charge < -0.3 is 4.74 Å². The van der Waals surface area contributed by atoms with E-state index in [1.54, 1.807) is 32.9 Å². The second-order valence-electron chi connectivity index (χ2n) is 4.99. The Kier molecular flexibility index (Phi) is 3.19. The van der Waals surface area contributed by atoms with E-state index < -0.39 is 17.5 Å². The topological polar surface area (TPSA) is 31.2 Å². The first kappa shape index (κ1) is 13.1. The van der Waals surface area contributed by atoms with Gasteiger partial charge in [0, 0.05) is 5.39 Å². The van der Waals surface area contributed by atoms with E-state index in [0.29, 0.717) is 10.1 Å². The molecule has 2 rings (SSSR count). The summed E-state index contributed by atoms with van der Waals surface area (Å²) in [6, 6.07) is 6.03. The largest absolute Gasteiger partial charge is 0.443 e. The van der Waals surface area contributed by atoms with Gasteiger partial charge in [-0.1, -0.05) is 0 Å². The van der Waals surface area contributed by atoms with Crippen LogP contribution in [0.5, 0.6) is 0 Å². The summed E-state index contributed by atoms with van der Waals surface area (Å²) in [5, 5.41) is 0.772. The molecule has 0 amide bonds. The number of halogens is 2. The second-order valence-corrected chi connectivity index (χ2v) is 5.80. The summed E-state index contributed by atoms with van der Waals surface area (Å²) in [7, 11) is 0. The second kappa shape index (κ2) is 4.39. The Morgan fingerprint density at radius 3 is 2.61 bits per heavy atom. The lowest BCUT2D eigenvalue weighted by atomic mass is 10.2. The van der Waals surface area contributed by atoms with Crippen LogP contribution in [0.2, 0.25) is 0 Å². The van der Waals surface area contributed by atoms with Crippen molar-refractivity contribution in [2.45, 2.75) is 26.4 Å². The number of ether oxygens (including phenoxy) is 1. The average molecular weight is 314 g/mol. The molecular formula is C13H13BrFNO2. The van der Waals surface area contributed by atoms with E-state index in [-0.39, 0.29) is 0 Å². The van der Waals surface area contributed by atoms with Crippen molar-refractivity contribution in [1.82, 2.24) is 4.57 Å². The van der Waals surface area contributed by atoms with Crippen LogP contribution in [0.25, 0.3) is 10.9 Å². The Hall–Kier alpha value is -1.36. The average Bonchev–Trinajstić information content (AvgIpc) is 2.50. The number of nitrogens with zero attached hydrogens (tertiary/aromatic N) is 1. The Labute approximate surface area is 113 Å². The van der Waals surface area contributed by atoms with Crippen LogP contribution >= 0.6 is 15.9 Å². The molecule has 0 aliphatic heterocycles. The van der Waals surface area contributed by atoms with Crippen molar-refractivity contribution < 1.29 is 13.9 Å². The zero-order valence-electron chi connectivity index (χ0n) is 10.3. The van der Waals surface area contributed by atoms with Crippen molar-refractivity contribution in [2.75, 3.05) is 0 Å². The predicted octanol–water partition coefficient (Wildman–Crippen LogP) is 4.33. The molecule has 3 nitrogen and oxygen atoms in total. The molecule has 0 N–H and O–H groups in total. The number of rotatable bonds is 0. The maximum atomic E-state index is 13.2. The van der Waals surface area contributed by atoms with E-state index in [1.165, 1.54) is 16.7 Å². The van der Waals surface area contributed by atoms with Gasteiger partial charge in [-0.25, -0.2) is 13.8 Å². The number of carbonyl (C=O) groups excluding carboxylic acids is 1. The van der Waals surface area contributed by atoms with Crippen LogP contribution in [0, 0.1) is 5.82 Å². The number of hydrogen-bond acceptors (Lipinski definition) is 2. The summed E-state index contributed by atoms with van der Waals surface area (Å²) in [6.07, 6.45) is -0.532. The molecular weight excluding hydrogens is 301 g/mol. The molecule has 2 aromatic rings. The lowest BCUT2D eigenvalue weighted by molar-refractivity contribution is 0.0541. The molecule has 0 atom stereocenters. The minimum Gasteiger partial charge on any atom is -0.443 e. The molecule has 1 aromatic heterocycles. The number of carbonyl (C=O) groups is 1. The van der Waals surface area contributed by atoms with E-state index in [4.69, 9.17) is 4.74 Å². The first-order valence-corrected chi connectivity index (χ1v) is 6.27. The third-order valence-corrected chi connectivity index (χ3v) is 2.88. The maximum absolute atomic E-state index is 13.2. The summed E-state index contributed by atoms with van der Waals surface area (Å²) < 4.78 is 20.4. The van der Waals surface area contributed by atoms with Gasteiger partial charge in [0.2, 0.25) is 0 Å². The minimum atomic E-state index is -0.597. The summed E-state index contributed by atoms with van der Waals surface area (Å²) >= 11 is 3.28. The van der Waals surface area contributed by atoms with Gasteiger partial charge in [0.1, 0.15) is 11.4 Å². The number of aromatic nitrogens is 1. The van der Waals surface area contributed by atoms with Crippen LogP contribution < -0.4 is 0 Å². The highest BCUT2D eigenvalue weighted by Gasteiger charge is 2.21. The molecule has 1 aromatic carbocycles. The predicted molar refractivity (Wildman–Crippen MR) is 71.2 cm³/mol.